The monoisotopic (exact) mass is 580 g/mol. The number of rotatable bonds is 16. The Hall–Kier alpha value is -1.91. The molecule has 3 N–H and O–H groups in total. The number of nitrogens with one attached hydrogen (secondary N) is 1. The number of anilines is 1. The van der Waals surface area contributed by atoms with Crippen LogP contribution < -0.4 is 11.1 Å². The molecule has 3 heterocycles. The highest BCUT2D eigenvalue weighted by Gasteiger charge is 2.52. The molecule has 11 nitrogen and oxygen atoms in total. The summed E-state index contributed by atoms with van der Waals surface area (Å²) in [5, 5.41) is 3.24. The maximum Gasteiger partial charge on any atom is 0.319 e. The fraction of sp³-hybridized carbons (Fsp3) is 0.769. The van der Waals surface area contributed by atoms with Crippen LogP contribution in [0.1, 0.15) is 54.7 Å². The number of hydrogen-bond acceptors (Lipinski definition) is 10. The van der Waals surface area contributed by atoms with Crippen molar-refractivity contribution in [3.05, 3.63) is 12.7 Å². The standard InChI is InChI=1S/C26H48N6O5Si2/c1-8-34-20(33)16-28-15-19-22(36-38(9-2,10-3)11-4)23(37-39(12-5,13-6)14-7)26(35-19)32-18-31-21-24(27)29-17-30-25(21)32/h17-19,22-23,26,28H,8-16H2,1-7H3,(H2,27,29,30)/t19-,22?,23+,26-/m1/s1. The van der Waals surface area contributed by atoms with Crippen LogP contribution in [-0.4, -0.2) is 80.1 Å². The molecule has 2 aromatic rings. The summed E-state index contributed by atoms with van der Waals surface area (Å²) >= 11 is 0. The van der Waals surface area contributed by atoms with Gasteiger partial charge in [-0.1, -0.05) is 41.5 Å². The maximum absolute atomic E-state index is 12.1. The van der Waals surface area contributed by atoms with Crippen LogP contribution >= 0.6 is 0 Å². The van der Waals surface area contributed by atoms with Gasteiger partial charge in [-0.2, -0.15) is 0 Å². The van der Waals surface area contributed by atoms with E-state index in [0.717, 1.165) is 36.3 Å². The van der Waals surface area contributed by atoms with Gasteiger partial charge in [0.1, 0.15) is 30.2 Å². The summed E-state index contributed by atoms with van der Waals surface area (Å²) in [5.74, 6) is 0.0299. The summed E-state index contributed by atoms with van der Waals surface area (Å²) in [6, 6.07) is 6.02. The van der Waals surface area contributed by atoms with Gasteiger partial charge in [-0.05, 0) is 43.2 Å². The van der Waals surface area contributed by atoms with Gasteiger partial charge in [-0.25, -0.2) is 15.0 Å². The molecule has 39 heavy (non-hydrogen) atoms. The van der Waals surface area contributed by atoms with E-state index in [9.17, 15) is 4.79 Å². The van der Waals surface area contributed by atoms with Gasteiger partial charge in [-0.15, -0.1) is 0 Å². The molecule has 220 valence electrons. The lowest BCUT2D eigenvalue weighted by Crippen LogP contribution is -2.52. The molecule has 1 saturated heterocycles. The first-order chi connectivity index (χ1) is 18.8. The third-order valence-electron chi connectivity index (χ3n) is 8.51. The zero-order valence-electron chi connectivity index (χ0n) is 24.7. The molecule has 0 saturated carbocycles. The van der Waals surface area contributed by atoms with Crippen molar-refractivity contribution in [2.45, 2.75) is 109 Å². The summed E-state index contributed by atoms with van der Waals surface area (Å²) in [5.41, 5.74) is 7.25. The lowest BCUT2D eigenvalue weighted by atomic mass is 10.1. The minimum absolute atomic E-state index is 0.101. The highest BCUT2D eigenvalue weighted by atomic mass is 28.4. The second kappa shape index (κ2) is 14.1. The number of aromatic nitrogens is 4. The Morgan fingerprint density at radius 2 is 1.54 bits per heavy atom. The predicted molar refractivity (Wildman–Crippen MR) is 157 cm³/mol. The number of esters is 1. The van der Waals surface area contributed by atoms with Crippen molar-refractivity contribution in [3.63, 3.8) is 0 Å². The molecule has 0 bridgehead atoms. The van der Waals surface area contributed by atoms with E-state index in [4.69, 9.17) is 24.1 Å². The molecule has 0 spiro atoms. The first-order valence-electron chi connectivity index (χ1n) is 14.6. The van der Waals surface area contributed by atoms with Crippen LogP contribution in [-0.2, 0) is 23.1 Å². The topological polar surface area (TPSA) is 136 Å². The van der Waals surface area contributed by atoms with Gasteiger partial charge < -0.3 is 29.4 Å². The van der Waals surface area contributed by atoms with Gasteiger partial charge in [-0.3, -0.25) is 9.36 Å². The third-order valence-corrected chi connectivity index (χ3v) is 17.8. The van der Waals surface area contributed by atoms with Crippen LogP contribution in [0.2, 0.25) is 36.3 Å². The molecule has 4 atom stereocenters. The number of hydrogen-bond donors (Lipinski definition) is 2. The van der Waals surface area contributed by atoms with Gasteiger partial charge in [0.05, 0.1) is 19.5 Å². The summed E-state index contributed by atoms with van der Waals surface area (Å²) in [6.07, 6.45) is 1.61. The fourth-order valence-corrected chi connectivity index (χ4v) is 11.2. The van der Waals surface area contributed by atoms with Crippen LogP contribution in [0.4, 0.5) is 5.82 Å². The van der Waals surface area contributed by atoms with E-state index < -0.39 is 22.9 Å². The van der Waals surface area contributed by atoms with E-state index in [1.807, 2.05) is 4.57 Å². The predicted octanol–water partition coefficient (Wildman–Crippen LogP) is 4.24. The van der Waals surface area contributed by atoms with E-state index in [1.165, 1.54) is 6.33 Å². The van der Waals surface area contributed by atoms with Crippen LogP contribution in [0.5, 0.6) is 0 Å². The number of carbonyl (C=O) groups is 1. The molecule has 0 radical (unpaired) electrons. The summed E-state index contributed by atoms with van der Waals surface area (Å²) < 4.78 is 28.2. The minimum Gasteiger partial charge on any atom is -0.465 e. The molecule has 1 aliphatic heterocycles. The van der Waals surface area contributed by atoms with Crippen LogP contribution in [0.15, 0.2) is 12.7 Å². The zero-order chi connectivity index (χ0) is 28.6. The van der Waals surface area contributed by atoms with Gasteiger partial charge >= 0.3 is 5.97 Å². The molecule has 0 amide bonds. The van der Waals surface area contributed by atoms with E-state index in [2.05, 4.69) is 61.8 Å². The largest absolute Gasteiger partial charge is 0.465 e. The average molecular weight is 581 g/mol. The first kappa shape index (κ1) is 31.6. The first-order valence-corrected chi connectivity index (χ1v) is 19.6. The second-order valence-electron chi connectivity index (χ2n) is 10.2. The van der Waals surface area contributed by atoms with Crippen molar-refractivity contribution in [1.82, 2.24) is 24.8 Å². The van der Waals surface area contributed by atoms with E-state index in [1.54, 1.807) is 13.3 Å². The number of fused-ring (bicyclic) bond motifs is 1. The Bertz CT molecular complexity index is 1050. The summed E-state index contributed by atoms with van der Waals surface area (Å²) in [6.45, 7) is 16.0. The molecular weight excluding hydrogens is 532 g/mol. The quantitative estimate of drug-likeness (QED) is 0.219. The lowest BCUT2D eigenvalue weighted by molar-refractivity contribution is -0.142. The zero-order valence-corrected chi connectivity index (χ0v) is 26.7. The Balaban J connectivity index is 2.07. The molecule has 1 aliphatic rings. The fourth-order valence-electron chi connectivity index (χ4n) is 5.53. The number of nitrogens with zero attached hydrogens (tertiary/aromatic N) is 4. The molecule has 0 aliphatic carbocycles. The van der Waals surface area contributed by atoms with Gasteiger partial charge in [0, 0.05) is 6.54 Å². The third kappa shape index (κ3) is 6.88. The van der Waals surface area contributed by atoms with Crippen molar-refractivity contribution in [2.75, 3.05) is 25.4 Å². The maximum atomic E-state index is 12.1. The molecule has 3 rings (SSSR count). The number of carbonyl (C=O) groups excluding carboxylic acids is 1. The number of nitrogen functional groups attached to an aromatic ring is 1. The van der Waals surface area contributed by atoms with Gasteiger partial charge in [0.2, 0.25) is 0 Å². The molecule has 1 unspecified atom stereocenters. The lowest BCUT2D eigenvalue weighted by Gasteiger charge is -2.39. The second-order valence-corrected chi connectivity index (χ2v) is 19.7. The van der Waals surface area contributed by atoms with Crippen molar-refractivity contribution in [3.8, 4) is 0 Å². The highest BCUT2D eigenvalue weighted by Crippen LogP contribution is 2.41. The smallest absolute Gasteiger partial charge is 0.319 e. The summed E-state index contributed by atoms with van der Waals surface area (Å²) in [7, 11) is -4.14. The van der Waals surface area contributed by atoms with Gasteiger partial charge in [0.15, 0.2) is 34.3 Å². The minimum atomic E-state index is -2.08. The SMILES string of the molecule is CCOC(=O)CNC[C@H]1O[C@@H](n2cnc3c(N)ncnc32)[C@@H](O[Si](CC)(CC)CC)C1O[Si](CC)(CC)CC. The van der Waals surface area contributed by atoms with Crippen molar-refractivity contribution >= 4 is 39.6 Å². The Morgan fingerprint density at radius 3 is 2.10 bits per heavy atom. The Labute approximate surface area is 234 Å². The van der Waals surface area contributed by atoms with E-state index in [0.29, 0.717) is 30.1 Å². The van der Waals surface area contributed by atoms with Crippen molar-refractivity contribution in [2.24, 2.45) is 0 Å². The van der Waals surface area contributed by atoms with E-state index >= 15 is 0 Å². The molecule has 1 fully saturated rings. The Morgan fingerprint density at radius 1 is 0.949 bits per heavy atom. The number of nitrogens with two attached hydrogens (primary N) is 1. The molecular formula is C26H48N6O5Si2. The number of ether oxygens (including phenoxy) is 2. The van der Waals surface area contributed by atoms with Crippen molar-refractivity contribution < 1.29 is 23.1 Å². The molecule has 2 aromatic heterocycles. The average Bonchev–Trinajstić information content (AvgIpc) is 3.52. The van der Waals surface area contributed by atoms with Gasteiger partial charge in [0.25, 0.3) is 0 Å². The van der Waals surface area contributed by atoms with Crippen LogP contribution in [0.3, 0.4) is 0 Å². The number of imidazole rings is 1. The normalized spacial score (nSPS) is 22.0. The molecule has 0 aromatic carbocycles. The van der Waals surface area contributed by atoms with Crippen LogP contribution in [0, 0.1) is 0 Å². The Kier molecular flexibility index (Phi) is 11.5. The summed E-state index contributed by atoms with van der Waals surface area (Å²) in [4.78, 5) is 25.2. The molecule has 13 heteroatoms. The van der Waals surface area contributed by atoms with E-state index in [-0.39, 0.29) is 30.8 Å². The van der Waals surface area contributed by atoms with Crippen LogP contribution in [0.25, 0.3) is 11.2 Å². The van der Waals surface area contributed by atoms with Crippen molar-refractivity contribution in [1.29, 1.82) is 0 Å². The highest BCUT2D eigenvalue weighted by molar-refractivity contribution is 6.74.